The molecule has 0 fully saturated rings. The second kappa shape index (κ2) is 11.9. The molecule has 5 nitrogen and oxygen atoms in total. The highest BCUT2D eigenvalue weighted by Crippen LogP contribution is 2.41. The van der Waals surface area contributed by atoms with E-state index in [0.29, 0.717) is 0 Å². The third-order valence-electron chi connectivity index (χ3n) is 7.47. The molecule has 5 heteroatoms. The van der Waals surface area contributed by atoms with Crippen LogP contribution in [0.5, 0.6) is 5.75 Å². The first-order chi connectivity index (χ1) is 17.5. The van der Waals surface area contributed by atoms with Crippen LogP contribution in [0.15, 0.2) is 60.9 Å². The van der Waals surface area contributed by atoms with Crippen molar-refractivity contribution in [2.24, 2.45) is 5.41 Å². The number of hydrogen-bond donors (Lipinski definition) is 1. The van der Waals surface area contributed by atoms with Gasteiger partial charge in [0.1, 0.15) is 12.4 Å². The van der Waals surface area contributed by atoms with Gasteiger partial charge in [0.15, 0.2) is 0 Å². The summed E-state index contributed by atoms with van der Waals surface area (Å²) in [6.07, 6.45) is 5.11. The summed E-state index contributed by atoms with van der Waals surface area (Å²) in [6, 6.07) is 17.1. The lowest BCUT2D eigenvalue weighted by atomic mass is 9.70. The molecule has 3 rings (SSSR count). The van der Waals surface area contributed by atoms with Crippen LogP contribution in [-0.2, 0) is 21.4 Å². The zero-order valence-electron chi connectivity index (χ0n) is 23.3. The number of pyridine rings is 1. The molecule has 0 aliphatic heterocycles. The van der Waals surface area contributed by atoms with Crippen molar-refractivity contribution >= 4 is 5.97 Å². The molecule has 0 aliphatic carbocycles. The van der Waals surface area contributed by atoms with E-state index in [1.54, 1.807) is 6.20 Å². The van der Waals surface area contributed by atoms with Crippen molar-refractivity contribution < 1.29 is 19.4 Å². The first-order valence-corrected chi connectivity index (χ1v) is 13.1. The minimum Gasteiger partial charge on any atom is -0.491 e. The molecule has 1 N–H and O–H groups in total. The van der Waals surface area contributed by atoms with Crippen LogP contribution < -0.4 is 4.74 Å². The fourth-order valence-electron chi connectivity index (χ4n) is 4.72. The number of hydrogen-bond acceptors (Lipinski definition) is 5. The average Bonchev–Trinajstić information content (AvgIpc) is 2.89. The minimum atomic E-state index is -0.535. The molecule has 1 atom stereocenters. The van der Waals surface area contributed by atoms with Gasteiger partial charge in [-0.25, -0.2) is 0 Å². The van der Waals surface area contributed by atoms with Crippen LogP contribution in [0.2, 0.25) is 0 Å². The Morgan fingerprint density at radius 2 is 1.59 bits per heavy atom. The quantitative estimate of drug-likeness (QED) is 0.313. The summed E-state index contributed by atoms with van der Waals surface area (Å²) < 4.78 is 10.8. The van der Waals surface area contributed by atoms with E-state index in [1.807, 2.05) is 39.1 Å². The lowest BCUT2D eigenvalue weighted by Gasteiger charge is -2.34. The van der Waals surface area contributed by atoms with Crippen LogP contribution in [0.4, 0.5) is 0 Å². The maximum atomic E-state index is 11.7. The third kappa shape index (κ3) is 6.58. The maximum Gasteiger partial charge on any atom is 0.310 e. The second-order valence-electron chi connectivity index (χ2n) is 10.9. The van der Waals surface area contributed by atoms with Crippen LogP contribution in [0.1, 0.15) is 69.7 Å². The molecule has 1 unspecified atom stereocenters. The number of aryl methyl sites for hydroxylation is 1. The van der Waals surface area contributed by atoms with Crippen molar-refractivity contribution in [3.05, 3.63) is 83.2 Å². The molecular formula is C32H41NO4. The molecule has 1 heterocycles. The van der Waals surface area contributed by atoms with E-state index in [-0.39, 0.29) is 29.8 Å². The Hall–Kier alpha value is -3.18. The predicted octanol–water partition coefficient (Wildman–Crippen LogP) is 6.66. The van der Waals surface area contributed by atoms with Gasteiger partial charge in [-0.2, -0.15) is 0 Å². The number of carbonyl (C=O) groups excluding carboxylic acids is 1. The molecule has 2 aromatic carbocycles. The van der Waals surface area contributed by atoms with Crippen LogP contribution in [0.25, 0.3) is 11.1 Å². The zero-order valence-corrected chi connectivity index (χ0v) is 23.3. The zero-order chi connectivity index (χ0) is 27.2. The van der Waals surface area contributed by atoms with E-state index >= 15 is 0 Å². The first kappa shape index (κ1) is 28.4. The number of aromatic nitrogens is 1. The SMILES string of the molecule is CCC(CC)(c1ccc(-c2cncc(CC(=O)OC)c2)cc1)c1ccc(OCC(O)C(C)(C)C)c(C)c1. The van der Waals surface area contributed by atoms with Gasteiger partial charge >= 0.3 is 5.97 Å². The largest absolute Gasteiger partial charge is 0.491 e. The highest BCUT2D eigenvalue weighted by Gasteiger charge is 2.31. The second-order valence-corrected chi connectivity index (χ2v) is 10.9. The van der Waals surface area contributed by atoms with Crippen LogP contribution in [-0.4, -0.2) is 35.9 Å². The van der Waals surface area contributed by atoms with Gasteiger partial charge in [-0.3, -0.25) is 9.78 Å². The number of methoxy groups -OCH3 is 1. The molecule has 3 aromatic rings. The Labute approximate surface area is 221 Å². The van der Waals surface area contributed by atoms with Gasteiger partial charge in [-0.15, -0.1) is 0 Å². The van der Waals surface area contributed by atoms with Crippen molar-refractivity contribution in [3.63, 3.8) is 0 Å². The number of rotatable bonds is 10. The van der Waals surface area contributed by atoms with Gasteiger partial charge < -0.3 is 14.6 Å². The van der Waals surface area contributed by atoms with Gasteiger partial charge in [0.2, 0.25) is 0 Å². The van der Waals surface area contributed by atoms with E-state index < -0.39 is 6.10 Å². The summed E-state index contributed by atoms with van der Waals surface area (Å²) >= 11 is 0. The van der Waals surface area contributed by atoms with Crippen LogP contribution in [0, 0.1) is 12.3 Å². The molecule has 0 spiro atoms. The van der Waals surface area contributed by atoms with E-state index in [0.717, 1.165) is 40.8 Å². The summed E-state index contributed by atoms with van der Waals surface area (Å²) in [7, 11) is 1.39. The van der Waals surface area contributed by atoms with Crippen molar-refractivity contribution in [1.82, 2.24) is 4.98 Å². The number of nitrogens with zero attached hydrogens (tertiary/aromatic N) is 1. The molecule has 0 amide bonds. The predicted molar refractivity (Wildman–Crippen MR) is 149 cm³/mol. The Morgan fingerprint density at radius 1 is 0.946 bits per heavy atom. The van der Waals surface area contributed by atoms with E-state index in [4.69, 9.17) is 9.47 Å². The maximum absolute atomic E-state index is 11.7. The van der Waals surface area contributed by atoms with E-state index in [1.165, 1.54) is 18.2 Å². The minimum absolute atomic E-state index is 0.127. The van der Waals surface area contributed by atoms with E-state index in [2.05, 4.69) is 62.2 Å². The summed E-state index contributed by atoms with van der Waals surface area (Å²) in [6.45, 7) is 12.8. The molecule has 0 aliphatic rings. The average molecular weight is 504 g/mol. The summed E-state index contributed by atoms with van der Waals surface area (Å²) in [5.41, 5.74) is 6.09. The number of carbonyl (C=O) groups is 1. The molecule has 37 heavy (non-hydrogen) atoms. The standard InChI is InChI=1S/C32H41NO4/c1-8-32(9-2,27-14-15-28(22(3)16-27)37-21-29(34)31(4,5)6)26-12-10-24(11-13-26)25-17-23(19-33-20-25)18-30(35)36-7/h10-17,19-20,29,34H,8-9,18,21H2,1-7H3. The molecule has 0 saturated carbocycles. The van der Waals surface area contributed by atoms with Crippen molar-refractivity contribution in [1.29, 1.82) is 0 Å². The number of ether oxygens (including phenoxy) is 2. The normalized spacial score (nSPS) is 12.8. The molecule has 1 aromatic heterocycles. The monoisotopic (exact) mass is 503 g/mol. The summed E-state index contributed by atoms with van der Waals surface area (Å²) in [4.78, 5) is 16.0. The fourth-order valence-corrected chi connectivity index (χ4v) is 4.72. The highest BCUT2D eigenvalue weighted by molar-refractivity contribution is 5.73. The van der Waals surface area contributed by atoms with Crippen LogP contribution in [0.3, 0.4) is 0 Å². The smallest absolute Gasteiger partial charge is 0.310 e. The lowest BCUT2D eigenvalue weighted by Crippen LogP contribution is -2.32. The highest BCUT2D eigenvalue weighted by atomic mass is 16.5. The van der Waals surface area contributed by atoms with Crippen molar-refractivity contribution in [3.8, 4) is 16.9 Å². The summed E-state index contributed by atoms with van der Waals surface area (Å²) in [5, 5.41) is 10.4. The number of aliphatic hydroxyl groups excluding tert-OH is 1. The molecule has 0 saturated heterocycles. The Kier molecular flexibility index (Phi) is 9.14. The molecule has 0 radical (unpaired) electrons. The number of benzene rings is 2. The van der Waals surface area contributed by atoms with Gasteiger partial charge in [-0.1, -0.05) is 71.0 Å². The van der Waals surface area contributed by atoms with Gasteiger partial charge in [-0.05, 0) is 65.1 Å². The van der Waals surface area contributed by atoms with Gasteiger partial charge in [0, 0.05) is 23.4 Å². The Balaban J connectivity index is 1.87. The van der Waals surface area contributed by atoms with Crippen LogP contribution >= 0.6 is 0 Å². The lowest BCUT2D eigenvalue weighted by molar-refractivity contribution is -0.139. The summed E-state index contributed by atoms with van der Waals surface area (Å²) in [5.74, 6) is 0.532. The molecule has 198 valence electrons. The van der Waals surface area contributed by atoms with E-state index in [9.17, 15) is 9.90 Å². The van der Waals surface area contributed by atoms with Crippen molar-refractivity contribution in [2.75, 3.05) is 13.7 Å². The Morgan fingerprint density at radius 3 is 2.16 bits per heavy atom. The third-order valence-corrected chi connectivity index (χ3v) is 7.47. The topological polar surface area (TPSA) is 68.7 Å². The first-order valence-electron chi connectivity index (χ1n) is 13.1. The van der Waals surface area contributed by atoms with Crippen molar-refractivity contribution in [2.45, 2.75) is 72.3 Å². The fraction of sp³-hybridized carbons (Fsp3) is 0.438. The molecule has 0 bridgehead atoms. The van der Waals surface area contributed by atoms with Gasteiger partial charge in [0.05, 0.1) is 19.6 Å². The Bertz CT molecular complexity index is 1190. The number of aliphatic hydroxyl groups is 1. The van der Waals surface area contributed by atoms with Gasteiger partial charge in [0.25, 0.3) is 0 Å². The number of esters is 1. The molecular weight excluding hydrogens is 462 g/mol.